The van der Waals surface area contributed by atoms with E-state index in [1.54, 1.807) is 45.0 Å². The fraction of sp³-hybridized carbons (Fsp3) is 0.556. The van der Waals surface area contributed by atoms with E-state index in [4.69, 9.17) is 18.9 Å². The highest BCUT2D eigenvalue weighted by atomic mass is 16.6. The van der Waals surface area contributed by atoms with E-state index >= 15 is 0 Å². The van der Waals surface area contributed by atoms with E-state index in [-0.39, 0.29) is 26.0 Å². The van der Waals surface area contributed by atoms with Gasteiger partial charge in [0.05, 0.1) is 32.1 Å². The van der Waals surface area contributed by atoms with Crippen molar-refractivity contribution in [2.45, 2.75) is 63.9 Å². The minimum atomic E-state index is -1.52. The van der Waals surface area contributed by atoms with E-state index in [0.29, 0.717) is 0 Å². The molecule has 0 aromatic heterocycles. The number of methoxy groups -OCH3 is 2. The van der Waals surface area contributed by atoms with Crippen LogP contribution in [0.2, 0.25) is 0 Å². The van der Waals surface area contributed by atoms with E-state index in [0.717, 1.165) is 29.6 Å². The fourth-order valence-electron chi connectivity index (χ4n) is 4.86. The van der Waals surface area contributed by atoms with Gasteiger partial charge in [0.15, 0.2) is 0 Å². The van der Waals surface area contributed by atoms with Crippen molar-refractivity contribution < 1.29 is 42.9 Å². The molecule has 0 aliphatic carbocycles. The van der Waals surface area contributed by atoms with Crippen molar-refractivity contribution in [3.8, 4) is 6.07 Å². The highest BCUT2D eigenvalue weighted by Crippen LogP contribution is 2.36. The number of carbonyl (C=O) groups is 5. The van der Waals surface area contributed by atoms with Gasteiger partial charge in [0, 0.05) is 6.54 Å². The number of likely N-dealkylation sites (tertiary alicyclic amines) is 2. The lowest BCUT2D eigenvalue weighted by Crippen LogP contribution is -2.57. The lowest BCUT2D eigenvalue weighted by atomic mass is 9.98. The van der Waals surface area contributed by atoms with Crippen LogP contribution in [-0.4, -0.2) is 84.2 Å². The number of hydrogen-bond donors (Lipinski definition) is 0. The molecule has 2 aliphatic heterocycles. The Balaban J connectivity index is 1.96. The molecule has 2 fully saturated rings. The zero-order valence-electron chi connectivity index (χ0n) is 22.6. The first-order chi connectivity index (χ1) is 18.4. The molecular formula is C27H33N3O9. The summed E-state index contributed by atoms with van der Waals surface area (Å²) in [7, 11) is 2.25. The summed E-state index contributed by atoms with van der Waals surface area (Å²) in [4.78, 5) is 68.0. The Morgan fingerprint density at radius 1 is 0.949 bits per heavy atom. The second-order valence-electron chi connectivity index (χ2n) is 10.4. The van der Waals surface area contributed by atoms with Crippen molar-refractivity contribution in [2.24, 2.45) is 11.8 Å². The van der Waals surface area contributed by atoms with Gasteiger partial charge >= 0.3 is 24.0 Å². The number of nitriles is 1. The number of carbonyl (C=O) groups excluding carboxylic acids is 5. The highest BCUT2D eigenvalue weighted by Gasteiger charge is 2.57. The van der Waals surface area contributed by atoms with Gasteiger partial charge in [0.25, 0.3) is 0 Å². The summed E-state index contributed by atoms with van der Waals surface area (Å²) < 4.78 is 20.7. The molecule has 0 unspecified atom stereocenters. The minimum absolute atomic E-state index is 0.0515. The minimum Gasteiger partial charge on any atom is -0.469 e. The van der Waals surface area contributed by atoms with Gasteiger partial charge in [-0.15, -0.1) is 0 Å². The Morgan fingerprint density at radius 3 is 2.15 bits per heavy atom. The Kier molecular flexibility index (Phi) is 9.16. The summed E-state index contributed by atoms with van der Waals surface area (Å²) in [5.74, 6) is -5.29. The molecule has 1 aromatic rings. The van der Waals surface area contributed by atoms with Crippen molar-refractivity contribution in [2.75, 3.05) is 20.8 Å². The van der Waals surface area contributed by atoms with E-state index < -0.39 is 65.5 Å². The van der Waals surface area contributed by atoms with Gasteiger partial charge in [0.2, 0.25) is 5.91 Å². The Bertz CT molecular complexity index is 1140. The zero-order chi connectivity index (χ0) is 28.9. The van der Waals surface area contributed by atoms with Gasteiger partial charge in [-0.2, -0.15) is 5.26 Å². The largest absolute Gasteiger partial charge is 0.469 e. The first-order valence-electron chi connectivity index (χ1n) is 12.5. The monoisotopic (exact) mass is 543 g/mol. The third kappa shape index (κ3) is 6.66. The van der Waals surface area contributed by atoms with Crippen LogP contribution in [0.5, 0.6) is 0 Å². The van der Waals surface area contributed by atoms with E-state index in [1.165, 1.54) is 0 Å². The third-order valence-electron chi connectivity index (χ3n) is 6.58. The summed E-state index contributed by atoms with van der Waals surface area (Å²) in [6, 6.07) is 6.91. The first kappa shape index (κ1) is 29.4. The van der Waals surface area contributed by atoms with Crippen LogP contribution in [0.15, 0.2) is 30.3 Å². The zero-order valence-corrected chi connectivity index (χ0v) is 22.6. The summed E-state index contributed by atoms with van der Waals surface area (Å²) in [5, 5.41) is 9.57. The van der Waals surface area contributed by atoms with Crippen molar-refractivity contribution in [1.29, 1.82) is 5.26 Å². The number of nitrogens with zero attached hydrogens (tertiary/aromatic N) is 3. The molecular weight excluding hydrogens is 510 g/mol. The van der Waals surface area contributed by atoms with Crippen molar-refractivity contribution >= 4 is 29.9 Å². The summed E-state index contributed by atoms with van der Waals surface area (Å²) in [5.41, 5.74) is -0.247. The van der Waals surface area contributed by atoms with Gasteiger partial charge in [0.1, 0.15) is 30.3 Å². The van der Waals surface area contributed by atoms with Gasteiger partial charge in [-0.05, 0) is 39.2 Å². The molecule has 12 nitrogen and oxygen atoms in total. The summed E-state index contributed by atoms with van der Waals surface area (Å²) in [6.07, 6.45) is -1.13. The van der Waals surface area contributed by atoms with Gasteiger partial charge < -0.3 is 23.8 Å². The summed E-state index contributed by atoms with van der Waals surface area (Å²) in [6.45, 7) is 4.71. The maximum absolute atomic E-state index is 14.1. The molecule has 12 heteroatoms. The maximum Gasteiger partial charge on any atom is 0.410 e. The molecule has 210 valence electrons. The van der Waals surface area contributed by atoms with Crippen LogP contribution in [0.4, 0.5) is 4.79 Å². The number of hydrogen-bond acceptors (Lipinski definition) is 10. The molecule has 2 amide bonds. The number of rotatable bonds is 6. The molecule has 0 saturated carbocycles. The second kappa shape index (κ2) is 12.1. The standard InChI is InChI=1S/C27H33N3O9/c1-27(2,3)39-25(34)21-18(23(32)36-4)12-20(24(33)37-5)30(21)22(31)19-11-17(13-28)14-29(19)26(35)38-15-16-9-7-6-8-10-16/h6-10,17-21H,11-12,14-15H2,1-5H3/t17-,18+,19+,20+,21+/m1/s1. The predicted octanol–water partition coefficient (Wildman–Crippen LogP) is 1.81. The Labute approximate surface area is 226 Å². The summed E-state index contributed by atoms with van der Waals surface area (Å²) >= 11 is 0. The molecule has 2 saturated heterocycles. The molecule has 2 heterocycles. The average molecular weight is 544 g/mol. The third-order valence-corrected chi connectivity index (χ3v) is 6.58. The van der Waals surface area contributed by atoms with Crippen LogP contribution in [0.1, 0.15) is 39.2 Å². The number of benzene rings is 1. The van der Waals surface area contributed by atoms with Crippen molar-refractivity contribution in [1.82, 2.24) is 9.80 Å². The van der Waals surface area contributed by atoms with E-state index in [2.05, 4.69) is 6.07 Å². The number of esters is 3. The average Bonchev–Trinajstić information content (AvgIpc) is 3.53. The fourth-order valence-corrected chi connectivity index (χ4v) is 4.86. The van der Waals surface area contributed by atoms with Crippen molar-refractivity contribution in [3.63, 3.8) is 0 Å². The smallest absolute Gasteiger partial charge is 0.410 e. The number of ether oxygens (including phenoxy) is 4. The molecule has 39 heavy (non-hydrogen) atoms. The van der Waals surface area contributed by atoms with Crippen LogP contribution in [0, 0.1) is 23.2 Å². The first-order valence-corrected chi connectivity index (χ1v) is 12.5. The topological polar surface area (TPSA) is 153 Å². The molecule has 2 aliphatic rings. The second-order valence-corrected chi connectivity index (χ2v) is 10.4. The quantitative estimate of drug-likeness (QED) is 0.383. The van der Waals surface area contributed by atoms with Gasteiger partial charge in [-0.1, -0.05) is 30.3 Å². The molecule has 0 bridgehead atoms. The van der Waals surface area contributed by atoms with Crippen LogP contribution >= 0.6 is 0 Å². The Morgan fingerprint density at radius 2 is 1.59 bits per heavy atom. The van der Waals surface area contributed by atoms with Crippen molar-refractivity contribution in [3.05, 3.63) is 35.9 Å². The molecule has 3 rings (SSSR count). The lowest BCUT2D eigenvalue weighted by molar-refractivity contribution is -0.171. The van der Waals surface area contributed by atoms with Crippen LogP contribution in [0.3, 0.4) is 0 Å². The van der Waals surface area contributed by atoms with Crippen LogP contribution in [0.25, 0.3) is 0 Å². The highest BCUT2D eigenvalue weighted by molar-refractivity contribution is 5.97. The van der Waals surface area contributed by atoms with Crippen LogP contribution in [-0.2, 0) is 44.7 Å². The molecule has 0 spiro atoms. The van der Waals surface area contributed by atoms with E-state index in [9.17, 15) is 29.2 Å². The van der Waals surface area contributed by atoms with E-state index in [1.807, 2.05) is 6.07 Å². The molecule has 1 aromatic carbocycles. The Hall–Kier alpha value is -4.14. The molecule has 0 radical (unpaired) electrons. The molecule has 0 N–H and O–H groups in total. The lowest BCUT2D eigenvalue weighted by Gasteiger charge is -2.34. The SMILES string of the molecule is COC(=O)[C@H]1C[C@@H](C(=O)OC)N(C(=O)[C@@H]2C[C@H](C#N)CN2C(=O)OCc2ccccc2)[C@@H]1C(=O)OC(C)(C)C. The maximum atomic E-state index is 14.1. The number of amides is 2. The predicted molar refractivity (Wildman–Crippen MR) is 133 cm³/mol. The van der Waals surface area contributed by atoms with Crippen LogP contribution < -0.4 is 0 Å². The van der Waals surface area contributed by atoms with Gasteiger partial charge in [-0.3, -0.25) is 14.5 Å². The van der Waals surface area contributed by atoms with Gasteiger partial charge in [-0.25, -0.2) is 14.4 Å². The normalized spacial score (nSPS) is 24.5. The molecule has 5 atom stereocenters.